The number of rotatable bonds is 2. The van der Waals surface area contributed by atoms with Gasteiger partial charge in [-0.3, -0.25) is 9.55 Å². The fraction of sp³-hybridized carbons (Fsp3) is 0.200. The summed E-state index contributed by atoms with van der Waals surface area (Å²) in [7, 11) is 3.71. The van der Waals surface area contributed by atoms with Crippen molar-refractivity contribution in [1.82, 2.24) is 29.4 Å². The van der Waals surface area contributed by atoms with E-state index in [1.165, 1.54) is 0 Å². The Hall–Kier alpha value is -2.44. The van der Waals surface area contributed by atoms with E-state index >= 15 is 0 Å². The molecule has 0 amide bonds. The van der Waals surface area contributed by atoms with Crippen molar-refractivity contribution in [1.29, 1.82) is 0 Å². The zero-order chi connectivity index (χ0) is 11.8. The van der Waals surface area contributed by atoms with Crippen LogP contribution in [0.2, 0.25) is 0 Å². The Labute approximate surface area is 97.1 Å². The zero-order valence-electron chi connectivity index (χ0n) is 9.49. The lowest BCUT2D eigenvalue weighted by atomic mass is 10.3. The summed E-state index contributed by atoms with van der Waals surface area (Å²) in [6, 6.07) is 0. The molecule has 3 aromatic heterocycles. The van der Waals surface area contributed by atoms with Crippen LogP contribution >= 0.6 is 0 Å². The maximum Gasteiger partial charge on any atom is 0.224 e. The predicted molar refractivity (Wildman–Crippen MR) is 62.5 cm³/mol. The number of nitrogens with zero attached hydrogens (tertiary/aromatic N) is 6. The summed E-state index contributed by atoms with van der Waals surface area (Å²) in [4.78, 5) is 4.09. The van der Waals surface area contributed by atoms with Crippen LogP contribution in [0.5, 0.6) is 0 Å². The van der Waals surface area contributed by atoms with Crippen LogP contribution in [0.3, 0.4) is 0 Å². The monoisotopic (exact) mass is 229 g/mol. The Morgan fingerprint density at radius 2 is 2.12 bits per heavy atom. The maximum absolute atomic E-state index is 4.25. The fourth-order valence-corrected chi connectivity index (χ4v) is 1.79. The number of nitrogens with one attached hydrogen (secondary N) is 1. The second-order valence-corrected chi connectivity index (χ2v) is 3.62. The van der Waals surface area contributed by atoms with Crippen LogP contribution in [0.1, 0.15) is 0 Å². The van der Waals surface area contributed by atoms with Crippen molar-refractivity contribution in [3.63, 3.8) is 0 Å². The minimum Gasteiger partial charge on any atom is -0.357 e. The Morgan fingerprint density at radius 1 is 1.24 bits per heavy atom. The third-order valence-electron chi connectivity index (χ3n) is 2.66. The third-order valence-corrected chi connectivity index (χ3v) is 2.66. The Bertz CT molecular complexity index is 666. The molecule has 0 atom stereocenters. The molecule has 17 heavy (non-hydrogen) atoms. The summed E-state index contributed by atoms with van der Waals surface area (Å²) in [5, 5.41) is 15.4. The Balaban J connectivity index is 2.24. The van der Waals surface area contributed by atoms with E-state index in [1.54, 1.807) is 29.3 Å². The van der Waals surface area contributed by atoms with Gasteiger partial charge in [-0.05, 0) is 0 Å². The lowest BCUT2D eigenvalue weighted by Crippen LogP contribution is -1.99. The van der Waals surface area contributed by atoms with Crippen molar-refractivity contribution in [3.05, 3.63) is 24.8 Å². The molecule has 0 saturated carbocycles. The quantitative estimate of drug-likeness (QED) is 0.695. The molecule has 3 aromatic rings. The van der Waals surface area contributed by atoms with E-state index in [0.717, 1.165) is 16.9 Å². The van der Waals surface area contributed by atoms with Crippen molar-refractivity contribution >= 4 is 11.5 Å². The number of hydrogen-bond acceptors (Lipinski definition) is 5. The topological polar surface area (TPSA) is 72.9 Å². The molecule has 0 unspecified atom stereocenters. The molecule has 7 nitrogen and oxygen atoms in total. The standard InChI is InChI=1S/C10H11N7/c1-11-10-15-14-9(16(10)2)7-5-13-17-4-3-12-6-8(7)17/h3-6H,1-2H3,(H,11,15). The van der Waals surface area contributed by atoms with Crippen LogP contribution in [-0.4, -0.2) is 36.4 Å². The Morgan fingerprint density at radius 3 is 2.88 bits per heavy atom. The third kappa shape index (κ3) is 1.36. The highest BCUT2D eigenvalue weighted by atomic mass is 15.3. The summed E-state index contributed by atoms with van der Waals surface area (Å²) < 4.78 is 3.64. The van der Waals surface area contributed by atoms with Gasteiger partial charge in [0.05, 0.1) is 23.5 Å². The molecule has 0 bridgehead atoms. The van der Waals surface area contributed by atoms with Gasteiger partial charge in [-0.25, -0.2) is 4.52 Å². The smallest absolute Gasteiger partial charge is 0.224 e. The fourth-order valence-electron chi connectivity index (χ4n) is 1.79. The average Bonchev–Trinajstić information content (AvgIpc) is 2.92. The summed E-state index contributed by atoms with van der Waals surface area (Å²) in [6.07, 6.45) is 7.02. The molecule has 0 aromatic carbocycles. The molecule has 0 aliphatic heterocycles. The summed E-state index contributed by atoms with van der Waals surface area (Å²) in [5.74, 6) is 1.47. The van der Waals surface area contributed by atoms with Gasteiger partial charge < -0.3 is 5.32 Å². The normalized spacial score (nSPS) is 10.9. The molecule has 86 valence electrons. The largest absolute Gasteiger partial charge is 0.357 e. The van der Waals surface area contributed by atoms with Gasteiger partial charge in [0.25, 0.3) is 0 Å². The van der Waals surface area contributed by atoms with Crippen LogP contribution < -0.4 is 5.32 Å². The molecule has 1 N–H and O–H groups in total. The second kappa shape index (κ2) is 3.55. The van der Waals surface area contributed by atoms with E-state index in [-0.39, 0.29) is 0 Å². The highest BCUT2D eigenvalue weighted by Crippen LogP contribution is 2.22. The minimum atomic E-state index is 0.711. The van der Waals surface area contributed by atoms with Gasteiger partial charge in [-0.15, -0.1) is 10.2 Å². The molecule has 0 aliphatic rings. The first kappa shape index (κ1) is 9.76. The molecular weight excluding hydrogens is 218 g/mol. The predicted octanol–water partition coefficient (Wildman–Crippen LogP) is 0.566. The van der Waals surface area contributed by atoms with Gasteiger partial charge in [0.15, 0.2) is 5.82 Å². The van der Waals surface area contributed by atoms with Crippen LogP contribution in [0.15, 0.2) is 24.8 Å². The minimum absolute atomic E-state index is 0.711. The lowest BCUT2D eigenvalue weighted by molar-refractivity contribution is 0.926. The number of aromatic nitrogens is 6. The van der Waals surface area contributed by atoms with E-state index in [2.05, 4.69) is 25.6 Å². The van der Waals surface area contributed by atoms with Gasteiger partial charge >= 0.3 is 0 Å². The molecule has 7 heteroatoms. The van der Waals surface area contributed by atoms with Crippen molar-refractivity contribution in [3.8, 4) is 11.4 Å². The van der Waals surface area contributed by atoms with Crippen molar-refractivity contribution in [2.45, 2.75) is 0 Å². The van der Waals surface area contributed by atoms with Gasteiger partial charge in [-0.2, -0.15) is 5.10 Å². The molecule has 0 aliphatic carbocycles. The van der Waals surface area contributed by atoms with Crippen LogP contribution in [0.4, 0.5) is 5.95 Å². The Kier molecular flexibility index (Phi) is 2.04. The first-order valence-corrected chi connectivity index (χ1v) is 5.16. The average molecular weight is 229 g/mol. The van der Waals surface area contributed by atoms with E-state index < -0.39 is 0 Å². The molecule has 0 saturated heterocycles. The van der Waals surface area contributed by atoms with Crippen molar-refractivity contribution in [2.75, 3.05) is 12.4 Å². The van der Waals surface area contributed by atoms with Gasteiger partial charge in [0.2, 0.25) is 5.95 Å². The second-order valence-electron chi connectivity index (χ2n) is 3.62. The maximum atomic E-state index is 4.25. The first-order valence-electron chi connectivity index (χ1n) is 5.16. The van der Waals surface area contributed by atoms with Gasteiger partial charge in [0, 0.05) is 26.5 Å². The van der Waals surface area contributed by atoms with Crippen molar-refractivity contribution < 1.29 is 0 Å². The van der Waals surface area contributed by atoms with E-state index in [0.29, 0.717) is 5.95 Å². The molecule has 3 heterocycles. The zero-order valence-corrected chi connectivity index (χ0v) is 9.49. The SMILES string of the molecule is CNc1nnc(-c2cnn3ccncc23)n1C. The highest BCUT2D eigenvalue weighted by Gasteiger charge is 2.14. The molecule has 0 radical (unpaired) electrons. The molecule has 0 fully saturated rings. The number of fused-ring (bicyclic) bond motifs is 1. The van der Waals surface area contributed by atoms with Crippen LogP contribution in [-0.2, 0) is 7.05 Å². The molecule has 3 rings (SSSR count). The van der Waals surface area contributed by atoms with Gasteiger partial charge in [0.1, 0.15) is 0 Å². The summed E-state index contributed by atoms with van der Waals surface area (Å²) in [5.41, 5.74) is 1.82. The first-order chi connectivity index (χ1) is 8.31. The summed E-state index contributed by atoms with van der Waals surface area (Å²) in [6.45, 7) is 0. The lowest BCUT2D eigenvalue weighted by Gasteiger charge is -2.01. The highest BCUT2D eigenvalue weighted by molar-refractivity contribution is 5.75. The molecular formula is C10H11N7. The van der Waals surface area contributed by atoms with E-state index in [9.17, 15) is 0 Å². The van der Waals surface area contributed by atoms with E-state index in [4.69, 9.17) is 0 Å². The van der Waals surface area contributed by atoms with Crippen molar-refractivity contribution in [2.24, 2.45) is 7.05 Å². The van der Waals surface area contributed by atoms with E-state index in [1.807, 2.05) is 18.7 Å². The van der Waals surface area contributed by atoms with Crippen LogP contribution in [0, 0.1) is 0 Å². The number of hydrogen-bond donors (Lipinski definition) is 1. The van der Waals surface area contributed by atoms with Gasteiger partial charge in [-0.1, -0.05) is 0 Å². The number of anilines is 1. The molecule has 0 spiro atoms. The van der Waals surface area contributed by atoms with Crippen LogP contribution in [0.25, 0.3) is 16.9 Å². The summed E-state index contributed by atoms with van der Waals surface area (Å²) >= 11 is 0.